The second-order valence-electron chi connectivity index (χ2n) is 0.959. The first-order valence-corrected chi connectivity index (χ1v) is 1.71. The Hall–Kier alpha value is -1.06. The van der Waals surface area contributed by atoms with Gasteiger partial charge < -0.3 is 0 Å². The third kappa shape index (κ3) is 4.94. The van der Waals surface area contributed by atoms with E-state index in [1.807, 2.05) is 0 Å². The molecule has 4 heteroatoms. The zero-order valence-corrected chi connectivity index (χ0v) is 3.97. The van der Waals surface area contributed by atoms with E-state index in [2.05, 4.69) is 10.1 Å². The van der Waals surface area contributed by atoms with Crippen molar-refractivity contribution < 1.29 is 0 Å². The average molecular weight is 98.1 g/mol. The van der Waals surface area contributed by atoms with E-state index in [1.165, 1.54) is 6.92 Å². The van der Waals surface area contributed by atoms with Crippen molar-refractivity contribution in [1.82, 2.24) is 0 Å². The molecule has 0 unspecified atom stereocenters. The standard InChI is InChI=1S/C3H6N4/c1-3(4)6-2-7-5/h2,4-5H,1H3/b4-3?,6-2-,7-5?. The van der Waals surface area contributed by atoms with Gasteiger partial charge in [-0.05, 0) is 6.92 Å². The molecule has 0 fully saturated rings. The first kappa shape index (κ1) is 5.94. The molecule has 38 valence electrons. The van der Waals surface area contributed by atoms with Crippen molar-refractivity contribution in [2.24, 2.45) is 10.1 Å². The summed E-state index contributed by atoms with van der Waals surface area (Å²) < 4.78 is 0. The molecule has 2 N–H and O–H groups in total. The largest absolute Gasteiger partial charge is 0.287 e. The lowest BCUT2D eigenvalue weighted by molar-refractivity contribution is 1.20. The molecule has 7 heavy (non-hydrogen) atoms. The Morgan fingerprint density at radius 1 is 1.71 bits per heavy atom. The molecule has 0 aliphatic heterocycles. The fourth-order valence-corrected chi connectivity index (χ4v) is 0.115. The van der Waals surface area contributed by atoms with Gasteiger partial charge in [-0.15, -0.1) is 5.11 Å². The van der Waals surface area contributed by atoms with Crippen LogP contribution in [0.15, 0.2) is 10.1 Å². The quantitative estimate of drug-likeness (QED) is 0.279. The van der Waals surface area contributed by atoms with E-state index in [4.69, 9.17) is 10.9 Å². The first-order valence-electron chi connectivity index (χ1n) is 1.71. The van der Waals surface area contributed by atoms with Gasteiger partial charge in [-0.25, -0.2) is 10.5 Å². The number of nitrogens with one attached hydrogen (secondary N) is 2. The summed E-state index contributed by atoms with van der Waals surface area (Å²) in [6, 6.07) is 0. The summed E-state index contributed by atoms with van der Waals surface area (Å²) in [5.74, 6) is 0.163. The molecular weight excluding hydrogens is 92.1 g/mol. The summed E-state index contributed by atoms with van der Waals surface area (Å²) in [4.78, 5) is 3.35. The molecule has 0 rings (SSSR count). The Morgan fingerprint density at radius 3 is 2.43 bits per heavy atom. The van der Waals surface area contributed by atoms with E-state index in [9.17, 15) is 0 Å². The second kappa shape index (κ2) is 3.14. The Bertz CT molecular complexity index is 104. The maximum absolute atomic E-state index is 6.66. The highest BCUT2D eigenvalue weighted by Gasteiger charge is 1.69. The minimum absolute atomic E-state index is 0.163. The molecule has 0 heterocycles. The Labute approximate surface area is 41.3 Å². The van der Waals surface area contributed by atoms with Gasteiger partial charge in [-0.2, -0.15) is 0 Å². The monoisotopic (exact) mass is 98.1 g/mol. The number of hydrogen-bond acceptors (Lipinski definition) is 2. The molecular formula is C3H6N4. The van der Waals surface area contributed by atoms with Crippen molar-refractivity contribution in [1.29, 1.82) is 10.9 Å². The van der Waals surface area contributed by atoms with Crippen LogP contribution in [0.5, 0.6) is 0 Å². The van der Waals surface area contributed by atoms with Crippen LogP contribution < -0.4 is 0 Å². The van der Waals surface area contributed by atoms with E-state index in [1.54, 1.807) is 0 Å². The number of hydrogen-bond donors (Lipinski definition) is 2. The predicted molar refractivity (Wildman–Crippen MR) is 27.0 cm³/mol. The molecule has 0 aromatic carbocycles. The molecule has 0 aromatic rings. The predicted octanol–water partition coefficient (Wildman–Crippen LogP) is 1.04. The van der Waals surface area contributed by atoms with Gasteiger partial charge >= 0.3 is 0 Å². The first-order chi connectivity index (χ1) is 3.27. The van der Waals surface area contributed by atoms with E-state index < -0.39 is 0 Å². The Balaban J connectivity index is 3.46. The molecule has 0 saturated heterocycles. The second-order valence-corrected chi connectivity index (χ2v) is 0.959. The molecule has 0 amide bonds. The maximum atomic E-state index is 6.66. The number of nitrogens with zero attached hydrogens (tertiary/aromatic N) is 2. The van der Waals surface area contributed by atoms with Crippen molar-refractivity contribution in [3.05, 3.63) is 0 Å². The van der Waals surface area contributed by atoms with Crippen LogP contribution in [0.2, 0.25) is 0 Å². The van der Waals surface area contributed by atoms with Crippen LogP contribution in [0.1, 0.15) is 6.92 Å². The highest BCUT2D eigenvalue weighted by molar-refractivity contribution is 5.84. The Morgan fingerprint density at radius 2 is 2.29 bits per heavy atom. The van der Waals surface area contributed by atoms with E-state index in [0.29, 0.717) is 0 Å². The average Bonchev–Trinajstić information content (AvgIpc) is 1.61. The van der Waals surface area contributed by atoms with Crippen molar-refractivity contribution in [3.63, 3.8) is 0 Å². The lowest BCUT2D eigenvalue weighted by Gasteiger charge is -1.74. The van der Waals surface area contributed by atoms with Gasteiger partial charge in [-0.1, -0.05) is 0 Å². The fourth-order valence-electron chi connectivity index (χ4n) is 0.115. The van der Waals surface area contributed by atoms with Gasteiger partial charge in [-0.3, -0.25) is 5.41 Å². The van der Waals surface area contributed by atoms with Gasteiger partial charge in [0.1, 0.15) is 12.2 Å². The van der Waals surface area contributed by atoms with Gasteiger partial charge in [0, 0.05) is 0 Å². The number of rotatable bonds is 1. The fraction of sp³-hybridized carbons (Fsp3) is 0.333. The number of amidine groups is 1. The molecule has 4 nitrogen and oxygen atoms in total. The van der Waals surface area contributed by atoms with Crippen molar-refractivity contribution in [2.75, 3.05) is 0 Å². The summed E-state index contributed by atoms with van der Waals surface area (Å²) in [6.45, 7) is 1.52. The zero-order chi connectivity index (χ0) is 5.70. The zero-order valence-electron chi connectivity index (χ0n) is 3.97. The van der Waals surface area contributed by atoms with Crippen molar-refractivity contribution in [2.45, 2.75) is 6.92 Å². The van der Waals surface area contributed by atoms with E-state index in [-0.39, 0.29) is 5.84 Å². The van der Waals surface area contributed by atoms with Crippen LogP contribution >= 0.6 is 0 Å². The minimum Gasteiger partial charge on any atom is -0.287 e. The van der Waals surface area contributed by atoms with E-state index in [0.717, 1.165) is 6.34 Å². The lowest BCUT2D eigenvalue weighted by atomic mass is 10.7. The molecule has 0 aromatic heterocycles. The number of aliphatic imine (C=N–C) groups is 1. The molecule has 0 radical (unpaired) electrons. The maximum Gasteiger partial charge on any atom is 0.139 e. The van der Waals surface area contributed by atoms with E-state index >= 15 is 0 Å². The molecule has 0 bridgehead atoms. The van der Waals surface area contributed by atoms with Crippen molar-refractivity contribution in [3.8, 4) is 0 Å². The van der Waals surface area contributed by atoms with Gasteiger partial charge in [0.25, 0.3) is 0 Å². The topological polar surface area (TPSA) is 72.4 Å². The highest BCUT2D eigenvalue weighted by atomic mass is 15.0. The molecule has 0 aliphatic carbocycles. The summed E-state index contributed by atoms with van der Waals surface area (Å²) in [6.07, 6.45) is 1.02. The summed E-state index contributed by atoms with van der Waals surface area (Å²) in [7, 11) is 0. The lowest BCUT2D eigenvalue weighted by Crippen LogP contribution is -1.78. The van der Waals surface area contributed by atoms with Crippen LogP contribution in [0, 0.1) is 10.9 Å². The summed E-state index contributed by atoms with van der Waals surface area (Å²) in [5.41, 5.74) is 6.18. The third-order valence-corrected chi connectivity index (χ3v) is 0.309. The molecule has 0 spiro atoms. The van der Waals surface area contributed by atoms with Crippen molar-refractivity contribution >= 4 is 12.2 Å². The van der Waals surface area contributed by atoms with Crippen LogP contribution in [0.25, 0.3) is 0 Å². The van der Waals surface area contributed by atoms with Crippen LogP contribution in [-0.2, 0) is 0 Å². The van der Waals surface area contributed by atoms with Crippen LogP contribution in [0.4, 0.5) is 0 Å². The van der Waals surface area contributed by atoms with Gasteiger partial charge in [0.2, 0.25) is 0 Å². The third-order valence-electron chi connectivity index (χ3n) is 0.309. The van der Waals surface area contributed by atoms with Crippen LogP contribution in [-0.4, -0.2) is 12.2 Å². The Kier molecular flexibility index (Phi) is 2.67. The van der Waals surface area contributed by atoms with Gasteiger partial charge in [0.15, 0.2) is 0 Å². The summed E-state index contributed by atoms with van der Waals surface area (Å²) in [5, 5.41) is 9.45. The van der Waals surface area contributed by atoms with Gasteiger partial charge in [0.05, 0.1) is 0 Å². The molecule has 0 atom stereocenters. The smallest absolute Gasteiger partial charge is 0.139 e. The van der Waals surface area contributed by atoms with Crippen LogP contribution in [0.3, 0.4) is 0 Å². The summed E-state index contributed by atoms with van der Waals surface area (Å²) >= 11 is 0. The molecule has 0 aliphatic rings. The molecule has 0 saturated carbocycles. The normalized spacial score (nSPS) is 9.29. The SMILES string of the molecule is CC(=N)/N=C\N=N. The minimum atomic E-state index is 0.163. The highest BCUT2D eigenvalue weighted by Crippen LogP contribution is 1.67.